The summed E-state index contributed by atoms with van der Waals surface area (Å²) in [5, 5.41) is 26.2. The summed E-state index contributed by atoms with van der Waals surface area (Å²) in [6.07, 6.45) is 0. The van der Waals surface area contributed by atoms with E-state index in [0.717, 1.165) is 0 Å². The molecule has 0 heterocycles. The predicted octanol–water partition coefficient (Wildman–Crippen LogP) is 3.58. The Labute approximate surface area is 137 Å². The first-order valence-electron chi connectivity index (χ1n) is 6.05. The standard InChI is InChI=1S/C8H7Cl2NO.C7H7NO2/c1-4(11)6-2-5(9)3-7(10)8(6)12;8-7(10)5-3-1-2-4-6(5)9/h2-3,11-12H,1H3;1-4,9H,(H2,8,10). The second-order valence-corrected chi connectivity index (χ2v) is 5.13. The van der Waals surface area contributed by atoms with Crippen LogP contribution in [0.1, 0.15) is 22.8 Å². The fraction of sp³-hybridized carbons (Fsp3) is 0.0667. The molecule has 0 bridgehead atoms. The minimum Gasteiger partial charge on any atom is -0.507 e. The zero-order chi connectivity index (χ0) is 16.9. The lowest BCUT2D eigenvalue weighted by molar-refractivity contribution is 0.0998. The Morgan fingerprint density at radius 3 is 2.18 bits per heavy atom. The van der Waals surface area contributed by atoms with Crippen molar-refractivity contribution >= 4 is 34.8 Å². The van der Waals surface area contributed by atoms with Crippen molar-refractivity contribution in [1.82, 2.24) is 0 Å². The van der Waals surface area contributed by atoms with Crippen LogP contribution in [0.2, 0.25) is 10.0 Å². The van der Waals surface area contributed by atoms with Crippen LogP contribution in [-0.4, -0.2) is 21.8 Å². The Bertz CT molecular complexity index is 718. The monoisotopic (exact) mass is 340 g/mol. The van der Waals surface area contributed by atoms with E-state index in [1.807, 2.05) is 0 Å². The van der Waals surface area contributed by atoms with Gasteiger partial charge in [-0.25, -0.2) is 0 Å². The van der Waals surface area contributed by atoms with Crippen molar-refractivity contribution in [3.8, 4) is 11.5 Å². The third kappa shape index (κ3) is 4.65. The lowest BCUT2D eigenvalue weighted by Crippen LogP contribution is -2.10. The zero-order valence-electron chi connectivity index (χ0n) is 11.6. The number of phenolic OH excluding ortho intramolecular Hbond substituents is 1. The molecule has 2 rings (SSSR count). The summed E-state index contributed by atoms with van der Waals surface area (Å²) in [4.78, 5) is 10.5. The second kappa shape index (κ2) is 7.68. The van der Waals surface area contributed by atoms with Gasteiger partial charge >= 0.3 is 0 Å². The van der Waals surface area contributed by atoms with Crippen LogP contribution in [0.3, 0.4) is 0 Å². The van der Waals surface area contributed by atoms with E-state index in [1.54, 1.807) is 19.1 Å². The third-order valence-electron chi connectivity index (χ3n) is 2.60. The number of rotatable bonds is 2. The molecule has 0 radical (unpaired) electrons. The molecule has 2 aromatic carbocycles. The van der Waals surface area contributed by atoms with Crippen molar-refractivity contribution in [1.29, 1.82) is 5.41 Å². The number of halogens is 2. The maximum Gasteiger partial charge on any atom is 0.252 e. The average Bonchev–Trinajstić information content (AvgIpc) is 2.43. The normalized spacial score (nSPS) is 9.59. The van der Waals surface area contributed by atoms with E-state index < -0.39 is 5.91 Å². The van der Waals surface area contributed by atoms with E-state index in [4.69, 9.17) is 39.5 Å². The molecule has 1 amide bonds. The number of para-hydroxylation sites is 1. The van der Waals surface area contributed by atoms with Gasteiger partial charge in [0.15, 0.2) is 0 Å². The Morgan fingerprint density at radius 2 is 1.73 bits per heavy atom. The van der Waals surface area contributed by atoms with Crippen LogP contribution in [0.15, 0.2) is 36.4 Å². The molecule has 0 aliphatic carbocycles. The lowest BCUT2D eigenvalue weighted by Gasteiger charge is -2.04. The quantitative estimate of drug-likeness (QED) is 0.627. The first-order valence-corrected chi connectivity index (χ1v) is 6.81. The highest BCUT2D eigenvalue weighted by Gasteiger charge is 2.08. The molecule has 5 N–H and O–H groups in total. The van der Waals surface area contributed by atoms with Crippen LogP contribution in [0.4, 0.5) is 0 Å². The molecule has 22 heavy (non-hydrogen) atoms. The molecule has 0 aromatic heterocycles. The predicted molar refractivity (Wildman–Crippen MR) is 87.3 cm³/mol. The van der Waals surface area contributed by atoms with Gasteiger partial charge in [-0.05, 0) is 31.2 Å². The maximum absolute atomic E-state index is 10.5. The fourth-order valence-corrected chi connectivity index (χ4v) is 2.03. The minimum absolute atomic E-state index is 0.0741. The largest absolute Gasteiger partial charge is 0.507 e. The summed E-state index contributed by atoms with van der Waals surface area (Å²) in [6, 6.07) is 9.09. The first-order chi connectivity index (χ1) is 10.2. The number of aromatic hydroxyl groups is 2. The molecule has 0 unspecified atom stereocenters. The number of nitrogens with two attached hydrogens (primary N) is 1. The number of hydrogen-bond acceptors (Lipinski definition) is 4. The fourth-order valence-electron chi connectivity index (χ4n) is 1.53. The van der Waals surface area contributed by atoms with Gasteiger partial charge in [0.1, 0.15) is 11.5 Å². The summed E-state index contributed by atoms with van der Waals surface area (Å²) in [5.41, 5.74) is 5.67. The van der Waals surface area contributed by atoms with Crippen LogP contribution in [0, 0.1) is 5.41 Å². The molecular weight excluding hydrogens is 327 g/mol. The summed E-state index contributed by atoms with van der Waals surface area (Å²) in [6.45, 7) is 1.56. The van der Waals surface area contributed by atoms with Crippen molar-refractivity contribution in [2.24, 2.45) is 5.73 Å². The highest BCUT2D eigenvalue weighted by Crippen LogP contribution is 2.31. The number of primary amides is 1. The van der Waals surface area contributed by atoms with Gasteiger partial charge in [-0.1, -0.05) is 35.3 Å². The van der Waals surface area contributed by atoms with Crippen molar-refractivity contribution in [2.45, 2.75) is 6.92 Å². The number of phenols is 2. The smallest absolute Gasteiger partial charge is 0.252 e. The molecule has 0 spiro atoms. The van der Waals surface area contributed by atoms with Gasteiger partial charge in [-0.15, -0.1) is 0 Å². The van der Waals surface area contributed by atoms with Gasteiger partial charge in [-0.3, -0.25) is 4.79 Å². The molecule has 0 atom stereocenters. The van der Waals surface area contributed by atoms with E-state index in [1.165, 1.54) is 24.3 Å². The number of carbonyl (C=O) groups excluding carboxylic acids is 1. The first kappa shape index (κ1) is 17.8. The van der Waals surface area contributed by atoms with E-state index in [-0.39, 0.29) is 27.8 Å². The van der Waals surface area contributed by atoms with Crippen molar-refractivity contribution in [3.63, 3.8) is 0 Å². The van der Waals surface area contributed by atoms with Crippen molar-refractivity contribution < 1.29 is 15.0 Å². The van der Waals surface area contributed by atoms with Crippen molar-refractivity contribution in [3.05, 3.63) is 57.6 Å². The van der Waals surface area contributed by atoms with Crippen LogP contribution in [0.25, 0.3) is 0 Å². The molecule has 5 nitrogen and oxygen atoms in total. The summed E-state index contributed by atoms with van der Waals surface area (Å²) < 4.78 is 0. The number of nitrogens with one attached hydrogen (secondary N) is 1. The van der Waals surface area contributed by atoms with E-state index in [0.29, 0.717) is 10.6 Å². The molecule has 7 heteroatoms. The van der Waals surface area contributed by atoms with Gasteiger partial charge in [0.25, 0.3) is 5.91 Å². The van der Waals surface area contributed by atoms with Crippen LogP contribution < -0.4 is 5.73 Å². The van der Waals surface area contributed by atoms with Gasteiger partial charge in [0, 0.05) is 16.3 Å². The van der Waals surface area contributed by atoms with Crippen molar-refractivity contribution in [2.75, 3.05) is 0 Å². The molecular formula is C15H14Cl2N2O3. The van der Waals surface area contributed by atoms with Crippen LogP contribution in [0.5, 0.6) is 11.5 Å². The summed E-state index contributed by atoms with van der Waals surface area (Å²) in [5.74, 6) is -0.776. The summed E-state index contributed by atoms with van der Waals surface area (Å²) >= 11 is 11.3. The van der Waals surface area contributed by atoms with Gasteiger partial charge < -0.3 is 21.4 Å². The minimum atomic E-state index is -0.613. The number of hydrogen-bond donors (Lipinski definition) is 4. The molecule has 0 aliphatic rings. The molecule has 116 valence electrons. The Balaban J connectivity index is 0.000000224. The van der Waals surface area contributed by atoms with E-state index in [9.17, 15) is 9.90 Å². The molecule has 0 saturated heterocycles. The van der Waals surface area contributed by atoms with Gasteiger partial charge in [0.05, 0.1) is 10.6 Å². The highest BCUT2D eigenvalue weighted by molar-refractivity contribution is 6.36. The van der Waals surface area contributed by atoms with Crippen LogP contribution in [-0.2, 0) is 0 Å². The maximum atomic E-state index is 10.5. The highest BCUT2D eigenvalue weighted by atomic mass is 35.5. The molecule has 0 saturated carbocycles. The Morgan fingerprint density at radius 1 is 1.14 bits per heavy atom. The van der Waals surface area contributed by atoms with Crippen LogP contribution >= 0.6 is 23.2 Å². The van der Waals surface area contributed by atoms with E-state index in [2.05, 4.69) is 0 Å². The Kier molecular flexibility index (Phi) is 6.22. The molecule has 0 fully saturated rings. The SMILES string of the molecule is CC(=N)c1cc(Cl)cc(Cl)c1O.NC(=O)c1ccccc1O. The molecule has 0 aliphatic heterocycles. The van der Waals surface area contributed by atoms with E-state index >= 15 is 0 Å². The lowest BCUT2D eigenvalue weighted by atomic mass is 10.1. The topological polar surface area (TPSA) is 107 Å². The zero-order valence-corrected chi connectivity index (χ0v) is 13.1. The second-order valence-electron chi connectivity index (χ2n) is 4.29. The number of amides is 1. The summed E-state index contributed by atoms with van der Waals surface area (Å²) in [7, 11) is 0. The molecule has 2 aromatic rings. The number of carbonyl (C=O) groups is 1. The average molecular weight is 341 g/mol. The van der Waals surface area contributed by atoms with Gasteiger partial charge in [0.2, 0.25) is 0 Å². The Hall–Kier alpha value is -2.24. The van der Waals surface area contributed by atoms with Gasteiger partial charge in [-0.2, -0.15) is 0 Å². The third-order valence-corrected chi connectivity index (χ3v) is 3.11. The number of benzene rings is 2.